The second-order valence-electron chi connectivity index (χ2n) is 6.71. The zero-order chi connectivity index (χ0) is 19.5. The molecule has 1 heterocycles. The van der Waals surface area contributed by atoms with Crippen LogP contribution in [0.5, 0.6) is 0 Å². The summed E-state index contributed by atoms with van der Waals surface area (Å²) in [6, 6.07) is 9.65. The molecule has 0 aromatic heterocycles. The number of carbonyl (C=O) groups is 3. The quantitative estimate of drug-likeness (QED) is 0.473. The van der Waals surface area contributed by atoms with Gasteiger partial charge in [0.05, 0.1) is 6.61 Å². The van der Waals surface area contributed by atoms with Gasteiger partial charge in [-0.2, -0.15) is 0 Å². The Morgan fingerprint density at radius 1 is 1.19 bits per heavy atom. The number of ether oxygens (including phenoxy) is 1. The minimum atomic E-state index is -0.803. The number of Topliss-reactive ketones (excluding diaryl/α,β-unsaturated/α-hetero) is 1. The fourth-order valence-electron chi connectivity index (χ4n) is 3.11. The molecule has 6 heteroatoms. The summed E-state index contributed by atoms with van der Waals surface area (Å²) >= 11 is 0. The fraction of sp³-hybridized carbons (Fsp3) is 0.476. The van der Waals surface area contributed by atoms with E-state index in [9.17, 15) is 14.4 Å². The van der Waals surface area contributed by atoms with Crippen molar-refractivity contribution in [1.29, 1.82) is 0 Å². The lowest BCUT2D eigenvalue weighted by molar-refractivity contribution is -0.137. The molecule has 1 N–H and O–H groups in total. The number of amides is 1. The number of cyclic esters (lactones) is 1. The molecule has 27 heavy (non-hydrogen) atoms. The van der Waals surface area contributed by atoms with Crippen LogP contribution in [0.4, 0.5) is 4.79 Å². The third-order valence-corrected chi connectivity index (χ3v) is 4.58. The van der Waals surface area contributed by atoms with E-state index in [1.54, 1.807) is 4.90 Å². The summed E-state index contributed by atoms with van der Waals surface area (Å²) in [6.45, 7) is 0.804. The predicted molar refractivity (Wildman–Crippen MR) is 101 cm³/mol. The van der Waals surface area contributed by atoms with Crippen molar-refractivity contribution in [2.24, 2.45) is 0 Å². The summed E-state index contributed by atoms with van der Waals surface area (Å²) in [6.07, 6.45) is 7.00. The Balaban J connectivity index is 1.78. The van der Waals surface area contributed by atoms with E-state index in [1.807, 2.05) is 42.5 Å². The van der Waals surface area contributed by atoms with Crippen LogP contribution in [0.2, 0.25) is 0 Å². The molecule has 0 aliphatic carbocycles. The van der Waals surface area contributed by atoms with Gasteiger partial charge in [0.1, 0.15) is 5.78 Å². The van der Waals surface area contributed by atoms with Crippen LogP contribution in [-0.2, 0) is 20.7 Å². The van der Waals surface area contributed by atoms with Gasteiger partial charge in [-0.3, -0.25) is 9.59 Å². The van der Waals surface area contributed by atoms with Crippen LogP contribution in [-0.4, -0.2) is 47.0 Å². The first kappa shape index (κ1) is 20.7. The van der Waals surface area contributed by atoms with Crippen molar-refractivity contribution >= 4 is 17.8 Å². The standard InChI is InChI=1S/C21H27NO5/c23-19(16-17-8-4-3-5-9-17)12-11-18-13-15-27-21(26)22(18)14-7-2-1-6-10-20(24)25/h2-5,7-9,18H,1,6,10-16H2,(H,24,25)/t18-/m0/s1. The van der Waals surface area contributed by atoms with Crippen LogP contribution in [0.25, 0.3) is 0 Å². The molecule has 0 saturated carbocycles. The molecule has 146 valence electrons. The maximum absolute atomic E-state index is 12.2. The average molecular weight is 373 g/mol. The molecule has 0 bridgehead atoms. The normalized spacial score (nSPS) is 17.1. The van der Waals surface area contributed by atoms with Gasteiger partial charge in [0.25, 0.3) is 0 Å². The van der Waals surface area contributed by atoms with Crippen molar-refractivity contribution in [3.05, 3.63) is 48.0 Å². The van der Waals surface area contributed by atoms with Crippen LogP contribution in [0.15, 0.2) is 42.5 Å². The zero-order valence-electron chi connectivity index (χ0n) is 15.5. The topological polar surface area (TPSA) is 83.9 Å². The van der Waals surface area contributed by atoms with Gasteiger partial charge in [0.2, 0.25) is 0 Å². The minimum absolute atomic E-state index is 0.00496. The fourth-order valence-corrected chi connectivity index (χ4v) is 3.11. The largest absolute Gasteiger partial charge is 0.481 e. The summed E-state index contributed by atoms with van der Waals surface area (Å²) in [5.74, 6) is -0.632. The number of benzene rings is 1. The molecular weight excluding hydrogens is 346 g/mol. The number of hydrogen-bond donors (Lipinski definition) is 1. The third kappa shape index (κ3) is 7.64. The molecule has 1 aliphatic rings. The van der Waals surface area contributed by atoms with Crippen molar-refractivity contribution in [3.63, 3.8) is 0 Å². The summed E-state index contributed by atoms with van der Waals surface area (Å²) < 4.78 is 5.12. The molecule has 1 atom stereocenters. The van der Waals surface area contributed by atoms with E-state index in [0.717, 1.165) is 12.0 Å². The van der Waals surface area contributed by atoms with E-state index in [1.165, 1.54) is 0 Å². The molecule has 6 nitrogen and oxygen atoms in total. The highest BCUT2D eigenvalue weighted by molar-refractivity contribution is 5.81. The lowest BCUT2D eigenvalue weighted by atomic mass is 10.00. The van der Waals surface area contributed by atoms with Gasteiger partial charge < -0.3 is 14.7 Å². The Hall–Kier alpha value is -2.63. The molecule has 0 radical (unpaired) electrons. The van der Waals surface area contributed by atoms with Crippen molar-refractivity contribution in [2.45, 2.75) is 51.0 Å². The molecule has 1 amide bonds. The molecule has 1 aromatic rings. The second-order valence-corrected chi connectivity index (χ2v) is 6.71. The van der Waals surface area contributed by atoms with Crippen LogP contribution in [0.3, 0.4) is 0 Å². The molecule has 2 rings (SSSR count). The number of ketones is 1. The van der Waals surface area contributed by atoms with Gasteiger partial charge in [-0.1, -0.05) is 42.5 Å². The van der Waals surface area contributed by atoms with Gasteiger partial charge in [0, 0.05) is 38.3 Å². The monoisotopic (exact) mass is 373 g/mol. The van der Waals surface area contributed by atoms with Crippen molar-refractivity contribution in [3.8, 4) is 0 Å². The smallest absolute Gasteiger partial charge is 0.410 e. The summed E-state index contributed by atoms with van der Waals surface area (Å²) in [4.78, 5) is 36.4. The Labute approximate surface area is 159 Å². The number of unbranched alkanes of at least 4 members (excludes halogenated alkanes) is 1. The first-order valence-electron chi connectivity index (χ1n) is 9.42. The Kier molecular flexibility index (Phi) is 8.55. The second kappa shape index (κ2) is 11.2. The van der Waals surface area contributed by atoms with Gasteiger partial charge >= 0.3 is 12.1 Å². The highest BCUT2D eigenvalue weighted by atomic mass is 16.6. The number of carbonyl (C=O) groups excluding carboxylic acids is 2. The predicted octanol–water partition coefficient (Wildman–Crippen LogP) is 3.60. The molecule has 1 aliphatic heterocycles. The highest BCUT2D eigenvalue weighted by Crippen LogP contribution is 2.19. The Morgan fingerprint density at radius 2 is 1.96 bits per heavy atom. The lowest BCUT2D eigenvalue weighted by Gasteiger charge is -2.34. The molecule has 1 fully saturated rings. The van der Waals surface area contributed by atoms with E-state index >= 15 is 0 Å². The van der Waals surface area contributed by atoms with Gasteiger partial charge in [-0.15, -0.1) is 0 Å². The summed E-state index contributed by atoms with van der Waals surface area (Å²) in [5, 5.41) is 8.62. The number of hydrogen-bond acceptors (Lipinski definition) is 4. The van der Waals surface area contributed by atoms with Crippen molar-refractivity contribution in [1.82, 2.24) is 4.90 Å². The SMILES string of the molecule is O=C(O)CCCC=CCN1C(=O)OCC[C@@H]1CCC(=O)Cc1ccccc1. The van der Waals surface area contributed by atoms with Gasteiger partial charge in [-0.25, -0.2) is 4.79 Å². The first-order chi connectivity index (χ1) is 13.1. The van der Waals surface area contributed by atoms with Crippen LogP contribution in [0.1, 0.15) is 44.1 Å². The van der Waals surface area contributed by atoms with E-state index in [-0.39, 0.29) is 24.3 Å². The summed E-state index contributed by atoms with van der Waals surface area (Å²) in [7, 11) is 0. The summed E-state index contributed by atoms with van der Waals surface area (Å²) in [5.41, 5.74) is 1.01. The van der Waals surface area contributed by atoms with E-state index < -0.39 is 5.97 Å². The molecule has 0 spiro atoms. The first-order valence-corrected chi connectivity index (χ1v) is 9.42. The maximum Gasteiger partial charge on any atom is 0.410 e. The lowest BCUT2D eigenvalue weighted by Crippen LogP contribution is -2.45. The van der Waals surface area contributed by atoms with Crippen LogP contribution >= 0.6 is 0 Å². The maximum atomic E-state index is 12.2. The van der Waals surface area contributed by atoms with Gasteiger partial charge in [0.15, 0.2) is 0 Å². The van der Waals surface area contributed by atoms with Crippen molar-refractivity contribution in [2.75, 3.05) is 13.2 Å². The zero-order valence-corrected chi connectivity index (χ0v) is 15.5. The van der Waals surface area contributed by atoms with Crippen molar-refractivity contribution < 1.29 is 24.2 Å². The van der Waals surface area contributed by atoms with E-state index in [2.05, 4.69) is 0 Å². The molecule has 0 unspecified atom stereocenters. The number of nitrogens with zero attached hydrogens (tertiary/aromatic N) is 1. The number of rotatable bonds is 11. The molecule has 1 saturated heterocycles. The van der Waals surface area contributed by atoms with Crippen LogP contribution in [0, 0.1) is 0 Å². The highest BCUT2D eigenvalue weighted by Gasteiger charge is 2.28. The third-order valence-electron chi connectivity index (χ3n) is 4.58. The molecule has 1 aromatic carbocycles. The van der Waals surface area contributed by atoms with E-state index in [0.29, 0.717) is 45.3 Å². The minimum Gasteiger partial charge on any atom is -0.481 e. The van der Waals surface area contributed by atoms with Gasteiger partial charge in [-0.05, 0) is 24.8 Å². The number of allylic oxidation sites excluding steroid dienone is 1. The Bertz CT molecular complexity index is 656. The number of carboxylic acid groups (broad SMARTS) is 1. The average Bonchev–Trinajstić information content (AvgIpc) is 2.65. The van der Waals surface area contributed by atoms with Crippen LogP contribution < -0.4 is 0 Å². The number of carboxylic acids is 1. The molecular formula is C21H27NO5. The number of aliphatic carboxylic acids is 1. The van der Waals surface area contributed by atoms with E-state index in [4.69, 9.17) is 9.84 Å². The Morgan fingerprint density at radius 3 is 2.70 bits per heavy atom.